The lowest BCUT2D eigenvalue weighted by Gasteiger charge is -2.33. The number of nitrogens with one attached hydrogen (secondary N) is 1. The van der Waals surface area contributed by atoms with Crippen LogP contribution in [-0.4, -0.2) is 49.8 Å². The first-order valence-electron chi connectivity index (χ1n) is 11.4. The lowest BCUT2D eigenvalue weighted by atomic mass is 9.98. The number of likely N-dealkylation sites (tertiary alicyclic amines) is 1. The smallest absolute Gasteiger partial charge is 0.261 e. The second kappa shape index (κ2) is 9.19. The van der Waals surface area contributed by atoms with Gasteiger partial charge in [-0.05, 0) is 60.4 Å². The van der Waals surface area contributed by atoms with Gasteiger partial charge in [-0.15, -0.1) is 0 Å². The van der Waals surface area contributed by atoms with Crippen LogP contribution in [0, 0.1) is 5.82 Å². The fraction of sp³-hybridized carbons (Fsp3) is 0.269. The molecule has 1 unspecified atom stereocenters. The van der Waals surface area contributed by atoms with E-state index in [0.29, 0.717) is 24.7 Å². The Bertz CT molecular complexity index is 1330. The molecule has 176 valence electrons. The molecule has 1 amide bonds. The second-order valence-electron chi connectivity index (χ2n) is 8.83. The molecular weight excluding hydrogens is 453 g/mol. The van der Waals surface area contributed by atoms with Crippen LogP contribution >= 0.6 is 0 Å². The summed E-state index contributed by atoms with van der Waals surface area (Å²) in [6.07, 6.45) is 1.94. The zero-order chi connectivity index (χ0) is 23.7. The van der Waals surface area contributed by atoms with Crippen LogP contribution in [-0.2, 0) is 23.0 Å². The maximum atomic E-state index is 13.5. The predicted octanol–water partition coefficient (Wildman–Crippen LogP) is 3.90. The van der Waals surface area contributed by atoms with Gasteiger partial charge in [-0.25, -0.2) is 12.8 Å². The summed E-state index contributed by atoms with van der Waals surface area (Å²) in [7, 11) is -3.97. The van der Waals surface area contributed by atoms with Crippen LogP contribution in [0.3, 0.4) is 0 Å². The van der Waals surface area contributed by atoms with Gasteiger partial charge in [0.1, 0.15) is 5.82 Å². The summed E-state index contributed by atoms with van der Waals surface area (Å²) >= 11 is 0. The van der Waals surface area contributed by atoms with Crippen molar-refractivity contribution in [1.82, 2.24) is 9.80 Å². The first-order chi connectivity index (χ1) is 16.4. The molecule has 5 rings (SSSR count). The monoisotopic (exact) mass is 479 g/mol. The quantitative estimate of drug-likeness (QED) is 0.603. The summed E-state index contributed by atoms with van der Waals surface area (Å²) in [4.78, 5) is 17.3. The molecule has 34 heavy (non-hydrogen) atoms. The number of nitrogens with zero attached hydrogens (tertiary/aromatic N) is 2. The third-order valence-electron chi connectivity index (χ3n) is 6.60. The van der Waals surface area contributed by atoms with Crippen molar-refractivity contribution in [3.05, 3.63) is 95.3 Å². The van der Waals surface area contributed by atoms with Crippen molar-refractivity contribution in [2.24, 2.45) is 0 Å². The van der Waals surface area contributed by atoms with Crippen molar-refractivity contribution in [2.75, 3.05) is 24.4 Å². The third-order valence-corrected chi connectivity index (χ3v) is 7.97. The fourth-order valence-electron chi connectivity index (χ4n) is 4.80. The molecule has 2 aliphatic heterocycles. The van der Waals surface area contributed by atoms with Crippen LogP contribution in [0.25, 0.3) is 0 Å². The number of carbonyl (C=O) groups excluding carboxylic acids is 1. The number of benzene rings is 3. The van der Waals surface area contributed by atoms with E-state index in [9.17, 15) is 17.6 Å². The zero-order valence-electron chi connectivity index (χ0n) is 18.7. The van der Waals surface area contributed by atoms with Gasteiger partial charge < -0.3 is 4.90 Å². The largest absolute Gasteiger partial charge is 0.337 e. The average molecular weight is 480 g/mol. The average Bonchev–Trinajstić information content (AvgIpc) is 3.33. The Hall–Kier alpha value is -3.23. The van der Waals surface area contributed by atoms with Gasteiger partial charge in [0.25, 0.3) is 15.9 Å². The summed E-state index contributed by atoms with van der Waals surface area (Å²) in [5, 5.41) is 0. The Balaban J connectivity index is 1.26. The molecule has 1 atom stereocenters. The highest BCUT2D eigenvalue weighted by molar-refractivity contribution is 7.92. The van der Waals surface area contributed by atoms with Crippen molar-refractivity contribution in [3.63, 3.8) is 0 Å². The van der Waals surface area contributed by atoms with Gasteiger partial charge in [-0.3, -0.25) is 14.4 Å². The molecule has 2 heterocycles. The SMILES string of the molecule is O=C(c1cccc(NS(=O)(=O)c2cccc(F)c2)c1)N1CCC(N2CCc3ccccc3C2)C1. The molecule has 3 aromatic carbocycles. The molecule has 6 nitrogen and oxygen atoms in total. The summed E-state index contributed by atoms with van der Waals surface area (Å²) in [6, 6.07) is 20.1. The maximum Gasteiger partial charge on any atom is 0.261 e. The van der Waals surface area contributed by atoms with Gasteiger partial charge in [-0.2, -0.15) is 0 Å². The molecule has 0 saturated carbocycles. The van der Waals surface area contributed by atoms with E-state index in [1.807, 2.05) is 4.90 Å². The maximum absolute atomic E-state index is 13.5. The van der Waals surface area contributed by atoms with Crippen LogP contribution in [0.1, 0.15) is 27.9 Å². The van der Waals surface area contributed by atoms with Crippen molar-refractivity contribution in [1.29, 1.82) is 0 Å². The molecule has 2 aliphatic rings. The molecule has 3 aromatic rings. The number of hydrogen-bond donors (Lipinski definition) is 1. The van der Waals surface area contributed by atoms with Gasteiger partial charge in [0.2, 0.25) is 0 Å². The lowest BCUT2D eigenvalue weighted by Crippen LogP contribution is -2.41. The highest BCUT2D eigenvalue weighted by Gasteiger charge is 2.32. The minimum absolute atomic E-state index is 0.119. The van der Waals surface area contributed by atoms with Crippen molar-refractivity contribution >= 4 is 21.6 Å². The van der Waals surface area contributed by atoms with E-state index in [1.54, 1.807) is 18.2 Å². The summed E-state index contributed by atoms with van der Waals surface area (Å²) < 4.78 is 41.2. The highest BCUT2D eigenvalue weighted by atomic mass is 32.2. The molecule has 1 saturated heterocycles. The van der Waals surface area contributed by atoms with E-state index in [2.05, 4.69) is 33.9 Å². The van der Waals surface area contributed by atoms with Crippen molar-refractivity contribution in [3.8, 4) is 0 Å². The van der Waals surface area contributed by atoms with Crippen LogP contribution in [0.2, 0.25) is 0 Å². The number of halogens is 1. The number of fused-ring (bicyclic) bond motifs is 1. The number of amides is 1. The van der Waals surface area contributed by atoms with Gasteiger partial charge in [0.05, 0.1) is 4.90 Å². The standard InChI is InChI=1S/C26H26FN3O3S/c27-22-8-4-10-25(16-22)34(32,33)28-23-9-3-7-20(15-23)26(31)30-14-12-24(18-30)29-13-11-19-5-1-2-6-21(19)17-29/h1-10,15-16,24,28H,11-14,17-18H2. The summed E-state index contributed by atoms with van der Waals surface area (Å²) in [5.74, 6) is -0.751. The Kier molecular flexibility index (Phi) is 6.10. The predicted molar refractivity (Wildman–Crippen MR) is 129 cm³/mol. The van der Waals surface area contributed by atoms with Gasteiger partial charge in [0, 0.05) is 43.5 Å². The van der Waals surface area contributed by atoms with E-state index < -0.39 is 15.8 Å². The molecule has 0 radical (unpaired) electrons. The molecule has 1 fully saturated rings. The van der Waals surface area contributed by atoms with Gasteiger partial charge >= 0.3 is 0 Å². The Labute approximate surface area is 199 Å². The summed E-state index contributed by atoms with van der Waals surface area (Å²) in [5.41, 5.74) is 3.45. The number of hydrogen-bond acceptors (Lipinski definition) is 4. The summed E-state index contributed by atoms with van der Waals surface area (Å²) in [6.45, 7) is 3.21. The van der Waals surface area contributed by atoms with E-state index in [-0.39, 0.29) is 16.5 Å². The van der Waals surface area contributed by atoms with Crippen LogP contribution in [0.5, 0.6) is 0 Å². The van der Waals surface area contributed by atoms with Gasteiger partial charge in [-0.1, -0.05) is 36.4 Å². The second-order valence-corrected chi connectivity index (χ2v) is 10.5. The molecule has 0 bridgehead atoms. The Morgan fingerprint density at radius 3 is 2.56 bits per heavy atom. The van der Waals surface area contributed by atoms with E-state index in [1.165, 1.54) is 35.4 Å². The fourth-order valence-corrected chi connectivity index (χ4v) is 5.88. The van der Waals surface area contributed by atoms with Crippen LogP contribution in [0.15, 0.2) is 77.7 Å². The lowest BCUT2D eigenvalue weighted by molar-refractivity contribution is 0.0773. The Morgan fingerprint density at radius 1 is 0.941 bits per heavy atom. The molecule has 0 spiro atoms. The van der Waals surface area contributed by atoms with Crippen molar-refractivity contribution < 1.29 is 17.6 Å². The molecule has 0 aliphatic carbocycles. The third kappa shape index (κ3) is 4.69. The molecular formula is C26H26FN3O3S. The topological polar surface area (TPSA) is 69.7 Å². The zero-order valence-corrected chi connectivity index (χ0v) is 19.5. The highest BCUT2D eigenvalue weighted by Crippen LogP contribution is 2.26. The Morgan fingerprint density at radius 2 is 1.74 bits per heavy atom. The minimum Gasteiger partial charge on any atom is -0.337 e. The normalized spacial score (nSPS) is 18.5. The van der Waals surface area contributed by atoms with E-state index >= 15 is 0 Å². The van der Waals surface area contributed by atoms with E-state index in [4.69, 9.17) is 0 Å². The first-order valence-corrected chi connectivity index (χ1v) is 12.9. The van der Waals surface area contributed by atoms with Gasteiger partial charge in [0.15, 0.2) is 0 Å². The first kappa shape index (κ1) is 22.6. The van der Waals surface area contributed by atoms with E-state index in [0.717, 1.165) is 32.0 Å². The molecule has 8 heteroatoms. The van der Waals surface area contributed by atoms with Crippen molar-refractivity contribution in [2.45, 2.75) is 30.3 Å². The van der Waals surface area contributed by atoms with Crippen LogP contribution < -0.4 is 4.72 Å². The molecule has 1 N–H and O–H groups in total. The minimum atomic E-state index is -3.97. The number of sulfonamides is 1. The number of anilines is 1. The molecule has 0 aromatic heterocycles. The van der Waals surface area contributed by atoms with Crippen LogP contribution in [0.4, 0.5) is 10.1 Å². The number of carbonyl (C=O) groups is 1. The number of rotatable bonds is 5.